The maximum absolute atomic E-state index is 6.37. The van der Waals surface area contributed by atoms with Crippen LogP contribution in [0.4, 0.5) is 0 Å². The van der Waals surface area contributed by atoms with E-state index in [9.17, 15) is 0 Å². The van der Waals surface area contributed by atoms with E-state index >= 15 is 0 Å². The van der Waals surface area contributed by atoms with Gasteiger partial charge in [0.05, 0.1) is 6.04 Å². The molecule has 0 bridgehead atoms. The van der Waals surface area contributed by atoms with Crippen molar-refractivity contribution >= 4 is 11.6 Å². The first kappa shape index (κ1) is 14.1. The Bertz CT molecular complexity index is 543. The number of aryl methyl sites for hydroxylation is 2. The highest BCUT2D eigenvalue weighted by Gasteiger charge is 2.19. The number of hydrogen-bond donors (Lipinski definition) is 1. The maximum atomic E-state index is 6.37. The van der Waals surface area contributed by atoms with Crippen molar-refractivity contribution in [3.8, 4) is 0 Å². The second kappa shape index (κ2) is 6.23. The van der Waals surface area contributed by atoms with Gasteiger partial charge in [-0.15, -0.1) is 0 Å². The third kappa shape index (κ3) is 2.99. The van der Waals surface area contributed by atoms with Crippen LogP contribution >= 0.6 is 11.6 Å². The largest absolute Gasteiger partial charge is 0.306 e. The molecule has 0 aromatic heterocycles. The molecule has 0 heterocycles. The number of hydrogen-bond acceptors (Lipinski definition) is 1. The highest BCUT2D eigenvalue weighted by Crippen LogP contribution is 2.31. The van der Waals surface area contributed by atoms with E-state index in [0.29, 0.717) is 0 Å². The minimum Gasteiger partial charge on any atom is -0.306 e. The van der Waals surface area contributed by atoms with Crippen molar-refractivity contribution < 1.29 is 0 Å². The van der Waals surface area contributed by atoms with Crippen LogP contribution < -0.4 is 5.32 Å². The summed E-state index contributed by atoms with van der Waals surface area (Å²) in [5.41, 5.74) is 5.07. The van der Waals surface area contributed by atoms with Crippen LogP contribution in [0.25, 0.3) is 0 Å². The van der Waals surface area contributed by atoms with E-state index in [4.69, 9.17) is 11.6 Å². The summed E-state index contributed by atoms with van der Waals surface area (Å²) in [6.07, 6.45) is 0. The molecule has 1 atom stereocenters. The van der Waals surface area contributed by atoms with Crippen LogP contribution in [-0.4, -0.2) is 6.54 Å². The van der Waals surface area contributed by atoms with Gasteiger partial charge in [-0.3, -0.25) is 0 Å². The van der Waals surface area contributed by atoms with Gasteiger partial charge in [-0.05, 0) is 48.7 Å². The van der Waals surface area contributed by atoms with E-state index < -0.39 is 0 Å². The Labute approximate surface area is 120 Å². The molecule has 0 aliphatic rings. The Balaban J connectivity index is 2.55. The van der Waals surface area contributed by atoms with E-state index in [1.807, 2.05) is 18.2 Å². The van der Waals surface area contributed by atoms with Crippen LogP contribution in [0, 0.1) is 13.8 Å². The fourth-order valence-electron chi connectivity index (χ4n) is 2.56. The predicted molar refractivity (Wildman–Crippen MR) is 82.9 cm³/mol. The van der Waals surface area contributed by atoms with Crippen molar-refractivity contribution in [2.24, 2.45) is 0 Å². The lowest BCUT2D eigenvalue weighted by Gasteiger charge is -2.24. The highest BCUT2D eigenvalue weighted by molar-refractivity contribution is 6.31. The number of benzene rings is 2. The van der Waals surface area contributed by atoms with Gasteiger partial charge in [0.25, 0.3) is 0 Å². The zero-order chi connectivity index (χ0) is 13.8. The molecule has 2 aromatic rings. The summed E-state index contributed by atoms with van der Waals surface area (Å²) in [4.78, 5) is 0. The lowest BCUT2D eigenvalue weighted by molar-refractivity contribution is 0.625. The first-order valence-corrected chi connectivity index (χ1v) is 7.06. The smallest absolute Gasteiger partial charge is 0.0596 e. The normalized spacial score (nSPS) is 12.4. The molecular formula is C17H20ClN. The fourth-order valence-corrected chi connectivity index (χ4v) is 2.81. The Hall–Kier alpha value is -1.31. The van der Waals surface area contributed by atoms with Crippen LogP contribution in [0.15, 0.2) is 42.5 Å². The predicted octanol–water partition coefficient (Wildman–Crippen LogP) is 4.66. The molecule has 0 saturated heterocycles. The Morgan fingerprint density at radius 3 is 2.21 bits per heavy atom. The molecule has 0 fully saturated rings. The van der Waals surface area contributed by atoms with Gasteiger partial charge in [-0.2, -0.15) is 0 Å². The monoisotopic (exact) mass is 273 g/mol. The molecule has 0 amide bonds. The van der Waals surface area contributed by atoms with Gasteiger partial charge >= 0.3 is 0 Å². The summed E-state index contributed by atoms with van der Waals surface area (Å²) >= 11 is 6.37. The maximum Gasteiger partial charge on any atom is 0.0596 e. The Morgan fingerprint density at radius 2 is 1.63 bits per heavy atom. The lowest BCUT2D eigenvalue weighted by atomic mass is 9.91. The molecule has 0 aliphatic heterocycles. The number of nitrogens with one attached hydrogen (secondary N) is 1. The summed E-state index contributed by atoms with van der Waals surface area (Å²) in [5.74, 6) is 0. The van der Waals surface area contributed by atoms with E-state index in [-0.39, 0.29) is 6.04 Å². The molecule has 2 rings (SSSR count). The topological polar surface area (TPSA) is 12.0 Å². The molecule has 0 saturated carbocycles. The average molecular weight is 274 g/mol. The van der Waals surface area contributed by atoms with Crippen molar-refractivity contribution in [3.05, 3.63) is 69.7 Å². The van der Waals surface area contributed by atoms with E-state index in [1.54, 1.807) is 0 Å². The molecule has 0 aliphatic carbocycles. The Morgan fingerprint density at radius 1 is 1.00 bits per heavy atom. The average Bonchev–Trinajstić information content (AvgIpc) is 2.38. The van der Waals surface area contributed by atoms with Crippen molar-refractivity contribution in [3.63, 3.8) is 0 Å². The van der Waals surface area contributed by atoms with Gasteiger partial charge in [-0.25, -0.2) is 0 Å². The molecule has 2 aromatic carbocycles. The molecule has 1 unspecified atom stereocenters. The molecular weight excluding hydrogens is 254 g/mol. The first-order valence-electron chi connectivity index (χ1n) is 6.69. The highest BCUT2D eigenvalue weighted by atomic mass is 35.5. The van der Waals surface area contributed by atoms with E-state index in [2.05, 4.69) is 50.4 Å². The summed E-state index contributed by atoms with van der Waals surface area (Å²) in [5, 5.41) is 4.37. The molecule has 0 radical (unpaired) electrons. The minimum atomic E-state index is 0.153. The van der Waals surface area contributed by atoms with Gasteiger partial charge in [0, 0.05) is 5.02 Å². The van der Waals surface area contributed by atoms with Gasteiger partial charge in [-0.1, -0.05) is 54.9 Å². The summed E-state index contributed by atoms with van der Waals surface area (Å²) in [7, 11) is 0. The second-order valence-corrected chi connectivity index (χ2v) is 5.22. The summed E-state index contributed by atoms with van der Waals surface area (Å²) < 4.78 is 0. The van der Waals surface area contributed by atoms with Crippen LogP contribution in [0.1, 0.15) is 35.2 Å². The molecule has 1 nitrogen and oxygen atoms in total. The first-order chi connectivity index (χ1) is 9.15. The molecule has 100 valence electrons. The molecule has 0 spiro atoms. The number of rotatable bonds is 4. The minimum absolute atomic E-state index is 0.153. The second-order valence-electron chi connectivity index (χ2n) is 4.82. The van der Waals surface area contributed by atoms with Crippen LogP contribution in [0.3, 0.4) is 0 Å². The van der Waals surface area contributed by atoms with Crippen LogP contribution in [0.2, 0.25) is 5.02 Å². The SMILES string of the molecule is CCNC(c1ccccc1Cl)c1c(C)cccc1C. The van der Waals surface area contributed by atoms with Crippen LogP contribution in [-0.2, 0) is 0 Å². The van der Waals surface area contributed by atoms with Gasteiger partial charge in [0.2, 0.25) is 0 Å². The third-order valence-electron chi connectivity index (χ3n) is 3.46. The van der Waals surface area contributed by atoms with Gasteiger partial charge < -0.3 is 5.32 Å². The standard InChI is InChI=1S/C17H20ClN/c1-4-19-17(14-10-5-6-11-15(14)18)16-12(2)8-7-9-13(16)3/h5-11,17,19H,4H2,1-3H3. The number of halogens is 1. The van der Waals surface area contributed by atoms with Crippen LogP contribution in [0.5, 0.6) is 0 Å². The summed E-state index contributed by atoms with van der Waals surface area (Å²) in [6.45, 7) is 7.34. The van der Waals surface area contributed by atoms with Gasteiger partial charge in [0.15, 0.2) is 0 Å². The zero-order valence-electron chi connectivity index (χ0n) is 11.7. The Kier molecular flexibility index (Phi) is 4.62. The third-order valence-corrected chi connectivity index (χ3v) is 3.80. The summed E-state index contributed by atoms with van der Waals surface area (Å²) in [6, 6.07) is 14.6. The van der Waals surface area contributed by atoms with Gasteiger partial charge in [0.1, 0.15) is 0 Å². The lowest BCUT2D eigenvalue weighted by Crippen LogP contribution is -2.24. The molecule has 1 N–H and O–H groups in total. The molecule has 19 heavy (non-hydrogen) atoms. The van der Waals surface area contributed by atoms with Crippen molar-refractivity contribution in [1.82, 2.24) is 5.32 Å². The quantitative estimate of drug-likeness (QED) is 0.855. The van der Waals surface area contributed by atoms with E-state index in [1.165, 1.54) is 16.7 Å². The van der Waals surface area contributed by atoms with Crippen molar-refractivity contribution in [1.29, 1.82) is 0 Å². The molecule has 2 heteroatoms. The zero-order valence-corrected chi connectivity index (χ0v) is 12.5. The van der Waals surface area contributed by atoms with E-state index in [0.717, 1.165) is 17.1 Å². The van der Waals surface area contributed by atoms with Crippen molar-refractivity contribution in [2.75, 3.05) is 6.54 Å². The van der Waals surface area contributed by atoms with Crippen molar-refractivity contribution in [2.45, 2.75) is 26.8 Å². The fraction of sp³-hybridized carbons (Fsp3) is 0.294.